The number of rotatable bonds is 4. The van der Waals surface area contributed by atoms with Crippen molar-refractivity contribution >= 4 is 5.97 Å². The summed E-state index contributed by atoms with van der Waals surface area (Å²) in [5, 5.41) is 0. The van der Waals surface area contributed by atoms with Crippen LogP contribution in [0, 0.1) is 23.7 Å². The van der Waals surface area contributed by atoms with E-state index in [4.69, 9.17) is 9.47 Å². The molecule has 4 fully saturated rings. The minimum absolute atomic E-state index is 0.133. The molecular weight excluding hydrogens is 373 g/mol. The van der Waals surface area contributed by atoms with Crippen LogP contribution in [0.4, 0.5) is 13.2 Å². The average molecular weight is 396 g/mol. The highest BCUT2D eigenvalue weighted by molar-refractivity contribution is 5.90. The summed E-state index contributed by atoms with van der Waals surface area (Å²) in [6.45, 7) is 0. The van der Waals surface area contributed by atoms with Crippen LogP contribution in [0.25, 0.3) is 0 Å². The molecule has 0 N–H and O–H groups in total. The number of aromatic nitrogens is 2. The first-order valence-electron chi connectivity index (χ1n) is 10.2. The second kappa shape index (κ2) is 6.59. The van der Waals surface area contributed by atoms with Crippen molar-refractivity contribution in [2.24, 2.45) is 23.7 Å². The Balaban J connectivity index is 1.34. The largest absolute Gasteiger partial charge is 0.460 e. The normalized spacial score (nSPS) is 36.1. The lowest BCUT2D eigenvalue weighted by atomic mass is 9.98. The van der Waals surface area contributed by atoms with Gasteiger partial charge in [0, 0.05) is 6.20 Å². The molecule has 4 bridgehead atoms. The number of hydrogen-bond donors (Lipinski definition) is 0. The van der Waals surface area contributed by atoms with Crippen LogP contribution in [0.1, 0.15) is 67.4 Å². The fourth-order valence-electron chi connectivity index (χ4n) is 5.79. The minimum atomic E-state index is -4.78. The number of fused-ring (bicyclic) bond motifs is 4. The number of ether oxygens (including phenoxy) is 2. The molecule has 0 aliphatic heterocycles. The molecule has 1 heterocycles. The second-order valence-corrected chi connectivity index (χ2v) is 8.86. The first-order chi connectivity index (χ1) is 13.4. The lowest BCUT2D eigenvalue weighted by Gasteiger charge is -2.23. The van der Waals surface area contributed by atoms with Crippen LogP contribution >= 0.6 is 0 Å². The van der Waals surface area contributed by atoms with Crippen molar-refractivity contribution in [2.75, 3.05) is 0 Å². The molecule has 4 aliphatic rings. The highest BCUT2D eigenvalue weighted by atomic mass is 19.4. The summed E-state index contributed by atoms with van der Waals surface area (Å²) < 4.78 is 51.8. The van der Waals surface area contributed by atoms with Crippen LogP contribution in [-0.4, -0.2) is 28.1 Å². The van der Waals surface area contributed by atoms with E-state index in [2.05, 4.69) is 9.97 Å². The summed E-state index contributed by atoms with van der Waals surface area (Å²) in [5.74, 6) is 0.762. The van der Waals surface area contributed by atoms with Crippen LogP contribution in [-0.2, 0) is 10.9 Å². The topological polar surface area (TPSA) is 61.3 Å². The first kappa shape index (κ1) is 18.2. The maximum absolute atomic E-state index is 13.6. The fraction of sp³-hybridized carbons (Fsp3) is 0.750. The molecule has 1 aromatic heterocycles. The number of halogens is 3. The van der Waals surface area contributed by atoms with E-state index in [-0.39, 0.29) is 24.1 Å². The molecule has 8 heteroatoms. The smallest absolute Gasteiger partial charge is 0.434 e. The van der Waals surface area contributed by atoms with Crippen LogP contribution in [0.2, 0.25) is 0 Å². The molecule has 0 unspecified atom stereocenters. The summed E-state index contributed by atoms with van der Waals surface area (Å²) in [5.41, 5.74) is -1.90. The van der Waals surface area contributed by atoms with Gasteiger partial charge in [-0.05, 0) is 75.0 Å². The van der Waals surface area contributed by atoms with Crippen LogP contribution in [0.3, 0.4) is 0 Å². The molecule has 0 amide bonds. The molecule has 5 rings (SSSR count). The number of nitrogens with zero attached hydrogens (tertiary/aromatic N) is 2. The highest BCUT2D eigenvalue weighted by Gasteiger charge is 2.45. The Labute approximate surface area is 161 Å². The quantitative estimate of drug-likeness (QED) is 0.706. The van der Waals surface area contributed by atoms with Crippen LogP contribution in [0.15, 0.2) is 6.20 Å². The van der Waals surface area contributed by atoms with Gasteiger partial charge in [-0.15, -0.1) is 0 Å². The number of hydrogen-bond acceptors (Lipinski definition) is 5. The average Bonchev–Trinajstić information content (AvgIpc) is 3.42. The zero-order valence-electron chi connectivity index (χ0n) is 15.5. The summed E-state index contributed by atoms with van der Waals surface area (Å²) in [7, 11) is 0. The Hall–Kier alpha value is -1.86. The summed E-state index contributed by atoms with van der Waals surface area (Å²) in [6, 6.07) is -0.304. The van der Waals surface area contributed by atoms with Crippen molar-refractivity contribution in [1.29, 1.82) is 0 Å². The van der Waals surface area contributed by atoms with Gasteiger partial charge in [-0.3, -0.25) is 0 Å². The van der Waals surface area contributed by atoms with E-state index in [1.165, 1.54) is 0 Å². The molecule has 0 spiro atoms. The first-order valence-corrected chi connectivity index (χ1v) is 10.2. The van der Waals surface area contributed by atoms with Gasteiger partial charge in [0.2, 0.25) is 0 Å². The molecule has 1 aromatic rings. The van der Waals surface area contributed by atoms with Gasteiger partial charge in [-0.2, -0.15) is 18.2 Å². The Morgan fingerprint density at radius 2 is 1.61 bits per heavy atom. The van der Waals surface area contributed by atoms with E-state index >= 15 is 0 Å². The van der Waals surface area contributed by atoms with Gasteiger partial charge >= 0.3 is 18.2 Å². The Bertz CT molecular complexity index is 784. The Kier molecular flexibility index (Phi) is 4.28. The lowest BCUT2D eigenvalue weighted by Crippen LogP contribution is -2.27. The van der Waals surface area contributed by atoms with E-state index in [9.17, 15) is 18.0 Å². The third-order valence-corrected chi connectivity index (χ3v) is 7.12. The number of alkyl halides is 3. The molecule has 4 saturated carbocycles. The predicted octanol–water partition coefficient (Wildman–Crippen LogP) is 4.41. The number of esters is 1. The van der Waals surface area contributed by atoms with E-state index < -0.39 is 23.4 Å². The highest BCUT2D eigenvalue weighted by Crippen LogP contribution is 2.47. The van der Waals surface area contributed by atoms with E-state index in [0.29, 0.717) is 17.8 Å². The van der Waals surface area contributed by atoms with Crippen LogP contribution < -0.4 is 4.74 Å². The van der Waals surface area contributed by atoms with Crippen molar-refractivity contribution in [3.8, 4) is 6.01 Å². The van der Waals surface area contributed by atoms with Crippen molar-refractivity contribution < 1.29 is 27.4 Å². The summed E-state index contributed by atoms with van der Waals surface area (Å²) in [6.07, 6.45) is 3.63. The van der Waals surface area contributed by atoms with Crippen molar-refractivity contribution in [3.63, 3.8) is 0 Å². The predicted molar refractivity (Wildman–Crippen MR) is 91.5 cm³/mol. The second-order valence-electron chi connectivity index (χ2n) is 8.86. The van der Waals surface area contributed by atoms with Crippen molar-refractivity contribution in [2.45, 2.75) is 69.8 Å². The molecule has 4 aliphatic carbocycles. The van der Waals surface area contributed by atoms with Gasteiger partial charge in [0.05, 0.1) is 0 Å². The maximum atomic E-state index is 13.6. The molecule has 28 heavy (non-hydrogen) atoms. The molecule has 6 atom stereocenters. The molecule has 0 saturated heterocycles. The molecule has 152 valence electrons. The molecular formula is C20H23F3N2O3. The van der Waals surface area contributed by atoms with Gasteiger partial charge in [0.25, 0.3) is 0 Å². The van der Waals surface area contributed by atoms with Crippen molar-refractivity contribution in [1.82, 2.24) is 9.97 Å². The SMILES string of the molecule is O=C(O[C@@H]1C[C@H]2CC[C@@H]1C2)c1cnc(O[C@H]2C[C@@H]3CC[C@H]2C3)nc1C(F)(F)F. The zero-order valence-corrected chi connectivity index (χ0v) is 15.5. The molecule has 0 radical (unpaired) electrons. The van der Waals surface area contributed by atoms with Gasteiger partial charge in [0.1, 0.15) is 17.8 Å². The maximum Gasteiger partial charge on any atom is 0.434 e. The van der Waals surface area contributed by atoms with Gasteiger partial charge in [-0.1, -0.05) is 0 Å². The summed E-state index contributed by atoms with van der Waals surface area (Å²) >= 11 is 0. The van der Waals surface area contributed by atoms with Crippen molar-refractivity contribution in [3.05, 3.63) is 17.5 Å². The number of carbonyl (C=O) groups is 1. The van der Waals surface area contributed by atoms with Crippen LogP contribution in [0.5, 0.6) is 6.01 Å². The fourth-order valence-corrected chi connectivity index (χ4v) is 5.79. The standard InChI is InChI=1S/C20H23F3N2O3/c21-20(22,23)17-14(18(26)27-15-7-10-1-3-12(15)5-10)9-24-19(25-17)28-16-8-11-2-4-13(16)6-11/h9-13,15-16H,1-8H2/t10-,11+,12+,13-,15+,16-/m0/s1. The molecule has 5 nitrogen and oxygen atoms in total. The monoisotopic (exact) mass is 396 g/mol. The third-order valence-electron chi connectivity index (χ3n) is 7.12. The Morgan fingerprint density at radius 1 is 0.964 bits per heavy atom. The third kappa shape index (κ3) is 3.24. The van der Waals surface area contributed by atoms with Gasteiger partial charge < -0.3 is 9.47 Å². The lowest BCUT2D eigenvalue weighted by molar-refractivity contribution is -0.142. The van der Waals surface area contributed by atoms with E-state index in [1.807, 2.05) is 0 Å². The zero-order chi connectivity index (χ0) is 19.5. The van der Waals surface area contributed by atoms with E-state index in [1.54, 1.807) is 0 Å². The molecule has 0 aromatic carbocycles. The van der Waals surface area contributed by atoms with Gasteiger partial charge in [0.15, 0.2) is 5.69 Å². The summed E-state index contributed by atoms with van der Waals surface area (Å²) in [4.78, 5) is 19.9. The Morgan fingerprint density at radius 3 is 2.14 bits per heavy atom. The van der Waals surface area contributed by atoms with Gasteiger partial charge in [-0.25, -0.2) is 9.78 Å². The minimum Gasteiger partial charge on any atom is -0.460 e. The number of carbonyl (C=O) groups excluding carboxylic acids is 1. The van der Waals surface area contributed by atoms with E-state index in [0.717, 1.165) is 57.6 Å².